The fraction of sp³-hybridized carbons (Fsp3) is 0.536. The lowest BCUT2D eigenvalue weighted by atomic mass is 9.83. The van der Waals surface area contributed by atoms with Crippen LogP contribution >= 0.6 is 0 Å². The molecule has 0 bridgehead atoms. The number of benzene rings is 2. The van der Waals surface area contributed by atoms with Gasteiger partial charge in [-0.25, -0.2) is 0 Å². The summed E-state index contributed by atoms with van der Waals surface area (Å²) in [6, 6.07) is 11.9. The zero-order valence-electron chi connectivity index (χ0n) is 22.1. The van der Waals surface area contributed by atoms with E-state index in [0.29, 0.717) is 37.6 Å². The van der Waals surface area contributed by atoms with E-state index >= 15 is 0 Å². The van der Waals surface area contributed by atoms with Crippen LogP contribution in [0.4, 0.5) is 8.78 Å². The van der Waals surface area contributed by atoms with Gasteiger partial charge in [0.25, 0.3) is 5.91 Å². The van der Waals surface area contributed by atoms with Crippen LogP contribution in [0, 0.1) is 11.8 Å². The number of alkyl halides is 2. The van der Waals surface area contributed by atoms with Gasteiger partial charge >= 0.3 is 5.92 Å². The fourth-order valence-corrected chi connectivity index (χ4v) is 3.99. The molecular formula is C28H40F2N2O5. The molecule has 7 nitrogen and oxygen atoms in total. The highest BCUT2D eigenvalue weighted by atomic mass is 19.3. The van der Waals surface area contributed by atoms with E-state index in [1.807, 2.05) is 18.2 Å². The van der Waals surface area contributed by atoms with E-state index in [9.17, 15) is 18.7 Å². The van der Waals surface area contributed by atoms with Gasteiger partial charge in [0.2, 0.25) is 0 Å². The summed E-state index contributed by atoms with van der Waals surface area (Å²) < 4.78 is 45.2. The number of hydrogen-bond donors (Lipinski definition) is 3. The molecule has 9 heteroatoms. The second-order valence-electron chi connectivity index (χ2n) is 9.51. The molecule has 0 aromatic heterocycles. The van der Waals surface area contributed by atoms with Gasteiger partial charge in [-0.1, -0.05) is 50.2 Å². The largest absolute Gasteiger partial charge is 0.493 e. The first-order chi connectivity index (χ1) is 17.6. The lowest BCUT2D eigenvalue weighted by Crippen LogP contribution is -2.47. The number of aliphatic hydroxyl groups excluding tert-OH is 1. The molecule has 2 aromatic rings. The summed E-state index contributed by atoms with van der Waals surface area (Å²) in [5.74, 6) is -3.56. The highest BCUT2D eigenvalue weighted by Gasteiger charge is 2.40. The monoisotopic (exact) mass is 522 g/mol. The van der Waals surface area contributed by atoms with Gasteiger partial charge in [-0.15, -0.1) is 0 Å². The van der Waals surface area contributed by atoms with Crippen LogP contribution in [0.2, 0.25) is 0 Å². The summed E-state index contributed by atoms with van der Waals surface area (Å²) >= 11 is 0. The normalized spacial score (nSPS) is 14.2. The number of halogens is 2. The molecule has 0 saturated carbocycles. The first kappa shape index (κ1) is 30.5. The van der Waals surface area contributed by atoms with Gasteiger partial charge in [0.15, 0.2) is 11.5 Å². The molecule has 0 heterocycles. The van der Waals surface area contributed by atoms with Crippen LogP contribution < -0.4 is 20.5 Å². The molecular weight excluding hydrogens is 482 g/mol. The van der Waals surface area contributed by atoms with Crippen LogP contribution in [0.5, 0.6) is 11.5 Å². The molecule has 0 unspecified atom stereocenters. The average molecular weight is 523 g/mol. The first-order valence-corrected chi connectivity index (χ1v) is 12.5. The van der Waals surface area contributed by atoms with Gasteiger partial charge in [0, 0.05) is 38.3 Å². The minimum atomic E-state index is -3.71. The van der Waals surface area contributed by atoms with Crippen molar-refractivity contribution in [3.05, 3.63) is 59.7 Å². The molecule has 0 aliphatic heterocycles. The summed E-state index contributed by atoms with van der Waals surface area (Å²) in [5, 5.41) is 12.7. The number of amides is 1. The van der Waals surface area contributed by atoms with Gasteiger partial charge < -0.3 is 30.4 Å². The van der Waals surface area contributed by atoms with E-state index in [1.165, 1.54) is 24.3 Å². The van der Waals surface area contributed by atoms with Gasteiger partial charge in [-0.2, -0.15) is 8.78 Å². The summed E-state index contributed by atoms with van der Waals surface area (Å²) in [6.45, 7) is 4.86. The smallest absolute Gasteiger partial charge is 0.349 e. The Morgan fingerprint density at radius 1 is 1.08 bits per heavy atom. The summed E-state index contributed by atoms with van der Waals surface area (Å²) in [4.78, 5) is 12.1. The van der Waals surface area contributed by atoms with E-state index in [-0.39, 0.29) is 18.4 Å². The number of ether oxygens (including phenoxy) is 3. The second-order valence-corrected chi connectivity index (χ2v) is 9.51. The second kappa shape index (κ2) is 14.9. The van der Waals surface area contributed by atoms with Crippen molar-refractivity contribution in [3.8, 4) is 11.5 Å². The van der Waals surface area contributed by atoms with Crippen molar-refractivity contribution in [2.75, 3.05) is 34.0 Å². The number of carbonyl (C=O) groups is 1. The summed E-state index contributed by atoms with van der Waals surface area (Å²) in [5.41, 5.74) is 6.86. The van der Waals surface area contributed by atoms with E-state index in [4.69, 9.17) is 19.9 Å². The van der Waals surface area contributed by atoms with Gasteiger partial charge in [0.05, 0.1) is 19.8 Å². The SMILES string of the molecule is COCCCOc1cc(C[C@@H](C[C@H](N)[C@@H](O)CNC(=O)C(F)(F)c2ccccc2)C(C)C)ccc1OC. The quantitative estimate of drug-likeness (QED) is 0.289. The number of methoxy groups -OCH3 is 2. The fourth-order valence-electron chi connectivity index (χ4n) is 3.99. The van der Waals surface area contributed by atoms with Crippen molar-refractivity contribution in [1.82, 2.24) is 5.32 Å². The molecule has 4 N–H and O–H groups in total. The maximum atomic E-state index is 14.4. The highest BCUT2D eigenvalue weighted by Crippen LogP contribution is 2.31. The van der Waals surface area contributed by atoms with Crippen LogP contribution in [-0.2, 0) is 21.9 Å². The maximum Gasteiger partial charge on any atom is 0.349 e. The van der Waals surface area contributed by atoms with Crippen molar-refractivity contribution < 1.29 is 32.9 Å². The molecule has 0 aliphatic carbocycles. The molecule has 2 aromatic carbocycles. The van der Waals surface area contributed by atoms with Crippen LogP contribution in [0.25, 0.3) is 0 Å². The zero-order chi connectivity index (χ0) is 27.4. The number of aliphatic hydroxyl groups is 1. The minimum absolute atomic E-state index is 0.0980. The van der Waals surface area contributed by atoms with Crippen molar-refractivity contribution in [2.45, 2.75) is 51.2 Å². The molecule has 0 spiro atoms. The lowest BCUT2D eigenvalue weighted by Gasteiger charge is -2.28. The topological polar surface area (TPSA) is 103 Å². The predicted molar refractivity (Wildman–Crippen MR) is 139 cm³/mol. The molecule has 0 fully saturated rings. The number of carbonyl (C=O) groups excluding carboxylic acids is 1. The highest BCUT2D eigenvalue weighted by molar-refractivity contribution is 5.84. The summed E-state index contributed by atoms with van der Waals surface area (Å²) in [6.07, 6.45) is 0.695. The van der Waals surface area contributed by atoms with Gasteiger partial charge in [-0.05, 0) is 42.4 Å². The van der Waals surface area contributed by atoms with Crippen molar-refractivity contribution in [2.24, 2.45) is 17.6 Å². The Kier molecular flexibility index (Phi) is 12.2. The molecule has 206 valence electrons. The third kappa shape index (κ3) is 9.25. The molecule has 0 saturated heterocycles. The average Bonchev–Trinajstić information content (AvgIpc) is 2.89. The Balaban J connectivity index is 1.97. The van der Waals surface area contributed by atoms with Crippen LogP contribution in [-0.4, -0.2) is 57.1 Å². The van der Waals surface area contributed by atoms with E-state index in [0.717, 1.165) is 12.0 Å². The maximum absolute atomic E-state index is 14.4. The molecule has 3 atom stereocenters. The van der Waals surface area contributed by atoms with Crippen molar-refractivity contribution >= 4 is 5.91 Å². The van der Waals surface area contributed by atoms with Gasteiger partial charge in [-0.3, -0.25) is 4.79 Å². The molecule has 2 rings (SSSR count). The Labute approximate surface area is 218 Å². The number of nitrogens with two attached hydrogens (primary N) is 1. The first-order valence-electron chi connectivity index (χ1n) is 12.5. The third-order valence-corrected chi connectivity index (χ3v) is 6.38. The van der Waals surface area contributed by atoms with E-state index < -0.39 is 29.5 Å². The molecule has 1 amide bonds. The predicted octanol–water partition coefficient (Wildman–Crippen LogP) is 3.91. The Bertz CT molecular complexity index is 959. The third-order valence-electron chi connectivity index (χ3n) is 6.38. The van der Waals surface area contributed by atoms with Crippen molar-refractivity contribution in [1.29, 1.82) is 0 Å². The zero-order valence-corrected chi connectivity index (χ0v) is 22.1. The minimum Gasteiger partial charge on any atom is -0.493 e. The van der Waals surface area contributed by atoms with Crippen LogP contribution in [0.1, 0.15) is 37.8 Å². The summed E-state index contributed by atoms with van der Waals surface area (Å²) in [7, 11) is 3.23. The molecule has 0 aliphatic rings. The van der Waals surface area contributed by atoms with E-state index in [2.05, 4.69) is 19.2 Å². The van der Waals surface area contributed by atoms with Crippen molar-refractivity contribution in [3.63, 3.8) is 0 Å². The molecule has 37 heavy (non-hydrogen) atoms. The van der Waals surface area contributed by atoms with Gasteiger partial charge in [0.1, 0.15) is 0 Å². The standard InChI is InChI=1S/C28H40F2N2O5/c1-19(2)21(15-20-11-12-25(36-4)26(16-20)37-14-8-13-35-3)17-23(31)24(33)18-32-27(34)28(29,30)22-9-6-5-7-10-22/h5-7,9-12,16,19,21,23-24,33H,8,13-15,17-18,31H2,1-4H3,(H,32,34)/t21-,23-,24-/m0/s1. The van der Waals surface area contributed by atoms with Crippen LogP contribution in [0.3, 0.4) is 0 Å². The number of nitrogens with one attached hydrogen (secondary N) is 1. The lowest BCUT2D eigenvalue weighted by molar-refractivity contribution is -0.147. The Hall–Kier alpha value is -2.75. The van der Waals surface area contributed by atoms with Crippen LogP contribution in [0.15, 0.2) is 48.5 Å². The van der Waals surface area contributed by atoms with E-state index in [1.54, 1.807) is 20.3 Å². The Morgan fingerprint density at radius 2 is 1.78 bits per heavy atom. The number of rotatable bonds is 16. The Morgan fingerprint density at radius 3 is 2.41 bits per heavy atom. The molecule has 0 radical (unpaired) electrons. The number of hydrogen-bond acceptors (Lipinski definition) is 6.